The summed E-state index contributed by atoms with van der Waals surface area (Å²) in [4.78, 5) is 24.9. The quantitative estimate of drug-likeness (QED) is 0.805. The van der Waals surface area contributed by atoms with E-state index in [-0.39, 0.29) is 11.1 Å². The van der Waals surface area contributed by atoms with Gasteiger partial charge in [0.05, 0.1) is 12.6 Å². The molecule has 116 valence electrons. The van der Waals surface area contributed by atoms with E-state index in [1.165, 1.54) is 4.68 Å². The summed E-state index contributed by atoms with van der Waals surface area (Å²) in [6.45, 7) is 0. The van der Waals surface area contributed by atoms with Crippen LogP contribution < -0.4 is 15.5 Å². The Balaban J connectivity index is 2.01. The Hall–Kier alpha value is -3.15. The first-order valence-corrected chi connectivity index (χ1v) is 7.01. The number of aryl methyl sites for hydroxylation is 1. The van der Waals surface area contributed by atoms with E-state index in [1.807, 2.05) is 6.07 Å². The number of anilines is 1. The van der Waals surface area contributed by atoms with Gasteiger partial charge in [0, 0.05) is 24.2 Å². The molecule has 3 rings (SSSR count). The number of hydrogen-bond acceptors (Lipinski definition) is 4. The third-order valence-electron chi connectivity index (χ3n) is 3.51. The van der Waals surface area contributed by atoms with Gasteiger partial charge in [-0.25, -0.2) is 0 Å². The van der Waals surface area contributed by atoms with Gasteiger partial charge in [0.2, 0.25) is 5.43 Å². The molecule has 1 N–H and O–H groups in total. The van der Waals surface area contributed by atoms with Crippen molar-refractivity contribution in [3.05, 3.63) is 64.4 Å². The zero-order chi connectivity index (χ0) is 16.4. The molecule has 0 saturated carbocycles. The molecule has 0 bridgehead atoms. The van der Waals surface area contributed by atoms with Crippen molar-refractivity contribution in [2.24, 2.45) is 7.05 Å². The summed E-state index contributed by atoms with van der Waals surface area (Å²) in [5.41, 5.74) is 0.676. The fourth-order valence-electron chi connectivity index (χ4n) is 2.36. The molecule has 0 radical (unpaired) electrons. The topological polar surface area (TPSA) is 73.2 Å². The maximum Gasteiger partial charge on any atom is 0.280 e. The largest absolute Gasteiger partial charge is 0.497 e. The van der Waals surface area contributed by atoms with Gasteiger partial charge in [0.15, 0.2) is 5.69 Å². The van der Waals surface area contributed by atoms with Crippen LogP contribution in [0.25, 0.3) is 10.9 Å². The van der Waals surface area contributed by atoms with Crippen LogP contribution in [0.1, 0.15) is 10.5 Å². The third kappa shape index (κ3) is 2.78. The van der Waals surface area contributed by atoms with Crippen LogP contribution in [-0.4, -0.2) is 22.8 Å². The van der Waals surface area contributed by atoms with Crippen LogP contribution in [0.4, 0.5) is 5.69 Å². The zero-order valence-electron chi connectivity index (χ0n) is 12.7. The number of rotatable bonds is 3. The van der Waals surface area contributed by atoms with Crippen LogP contribution >= 0.6 is 0 Å². The van der Waals surface area contributed by atoms with E-state index in [1.54, 1.807) is 56.6 Å². The number of ether oxygens (including phenoxy) is 1. The van der Waals surface area contributed by atoms with E-state index in [9.17, 15) is 9.59 Å². The number of aromatic nitrogens is 2. The second-order valence-corrected chi connectivity index (χ2v) is 5.00. The molecule has 1 amide bonds. The van der Waals surface area contributed by atoms with E-state index in [2.05, 4.69) is 10.4 Å². The molecular formula is C17H15N3O3. The average Bonchev–Trinajstić information content (AvgIpc) is 2.58. The summed E-state index contributed by atoms with van der Waals surface area (Å²) in [6, 6.07) is 13.9. The number of carbonyl (C=O) groups excluding carboxylic acids is 1. The number of amides is 1. The first-order chi connectivity index (χ1) is 11.1. The Morgan fingerprint density at radius 2 is 1.96 bits per heavy atom. The van der Waals surface area contributed by atoms with Crippen molar-refractivity contribution in [1.82, 2.24) is 9.78 Å². The van der Waals surface area contributed by atoms with Crippen LogP contribution in [0, 0.1) is 0 Å². The van der Waals surface area contributed by atoms with Crippen molar-refractivity contribution in [3.8, 4) is 5.75 Å². The van der Waals surface area contributed by atoms with Gasteiger partial charge in [-0.3, -0.25) is 14.3 Å². The average molecular weight is 309 g/mol. The van der Waals surface area contributed by atoms with Gasteiger partial charge in [-0.2, -0.15) is 5.10 Å². The van der Waals surface area contributed by atoms with Gasteiger partial charge in [0.25, 0.3) is 5.91 Å². The lowest BCUT2D eigenvalue weighted by Gasteiger charge is -2.09. The van der Waals surface area contributed by atoms with Gasteiger partial charge in [0.1, 0.15) is 5.75 Å². The SMILES string of the molecule is COc1cccc(NC(=O)c2nn(C)c3ccccc3c2=O)c1. The lowest BCUT2D eigenvalue weighted by Crippen LogP contribution is -2.26. The fraction of sp³-hybridized carbons (Fsp3) is 0.118. The predicted octanol–water partition coefficient (Wildman–Crippen LogP) is 2.19. The molecule has 0 spiro atoms. The highest BCUT2D eigenvalue weighted by Crippen LogP contribution is 2.17. The van der Waals surface area contributed by atoms with Crippen LogP contribution in [0.15, 0.2) is 53.3 Å². The normalized spacial score (nSPS) is 10.5. The minimum atomic E-state index is -0.551. The number of carbonyl (C=O) groups is 1. The van der Waals surface area contributed by atoms with Crippen molar-refractivity contribution >= 4 is 22.5 Å². The predicted molar refractivity (Wildman–Crippen MR) is 87.9 cm³/mol. The minimum Gasteiger partial charge on any atom is -0.497 e. The molecule has 0 fully saturated rings. The third-order valence-corrected chi connectivity index (χ3v) is 3.51. The second kappa shape index (κ2) is 5.92. The van der Waals surface area contributed by atoms with Gasteiger partial charge in [-0.1, -0.05) is 18.2 Å². The number of para-hydroxylation sites is 1. The van der Waals surface area contributed by atoms with Crippen molar-refractivity contribution in [3.63, 3.8) is 0 Å². The molecule has 0 unspecified atom stereocenters. The van der Waals surface area contributed by atoms with Crippen LogP contribution in [-0.2, 0) is 7.05 Å². The molecule has 3 aromatic rings. The Labute approximate surface area is 132 Å². The van der Waals surface area contributed by atoms with Gasteiger partial charge >= 0.3 is 0 Å². The zero-order valence-corrected chi connectivity index (χ0v) is 12.7. The van der Waals surface area contributed by atoms with Crippen LogP contribution in [0.3, 0.4) is 0 Å². The highest BCUT2D eigenvalue weighted by Gasteiger charge is 2.16. The molecule has 6 heteroatoms. The molecular weight excluding hydrogens is 294 g/mol. The lowest BCUT2D eigenvalue weighted by molar-refractivity contribution is 0.101. The Bertz CT molecular complexity index is 947. The van der Waals surface area contributed by atoms with Crippen molar-refractivity contribution < 1.29 is 9.53 Å². The maximum atomic E-state index is 12.5. The number of benzene rings is 2. The Morgan fingerprint density at radius 1 is 1.17 bits per heavy atom. The molecule has 0 aliphatic carbocycles. The number of hydrogen-bond donors (Lipinski definition) is 1. The second-order valence-electron chi connectivity index (χ2n) is 5.00. The molecule has 0 aliphatic heterocycles. The van der Waals surface area contributed by atoms with Crippen molar-refractivity contribution in [1.29, 1.82) is 0 Å². The molecule has 0 atom stereocenters. The van der Waals surface area contributed by atoms with Gasteiger partial charge < -0.3 is 10.1 Å². The standard InChI is InChI=1S/C17H15N3O3/c1-20-14-9-4-3-8-13(14)16(21)15(19-20)17(22)18-11-6-5-7-12(10-11)23-2/h3-10H,1-2H3,(H,18,22). The van der Waals surface area contributed by atoms with Crippen molar-refractivity contribution in [2.75, 3.05) is 12.4 Å². The summed E-state index contributed by atoms with van der Waals surface area (Å²) in [6.07, 6.45) is 0. The van der Waals surface area contributed by atoms with Gasteiger partial charge in [-0.15, -0.1) is 0 Å². The highest BCUT2D eigenvalue weighted by atomic mass is 16.5. The minimum absolute atomic E-state index is 0.144. The number of methoxy groups -OCH3 is 1. The highest BCUT2D eigenvalue weighted by molar-refractivity contribution is 6.04. The maximum absolute atomic E-state index is 12.5. The van der Waals surface area contributed by atoms with Crippen LogP contribution in [0.2, 0.25) is 0 Å². The lowest BCUT2D eigenvalue weighted by atomic mass is 10.2. The molecule has 0 aliphatic rings. The monoisotopic (exact) mass is 309 g/mol. The Morgan fingerprint density at radius 3 is 2.74 bits per heavy atom. The van der Waals surface area contributed by atoms with Crippen LogP contribution in [0.5, 0.6) is 5.75 Å². The number of nitrogens with zero attached hydrogens (tertiary/aromatic N) is 2. The summed E-state index contributed by atoms with van der Waals surface area (Å²) in [5.74, 6) is 0.0618. The van der Waals surface area contributed by atoms with E-state index >= 15 is 0 Å². The Kier molecular flexibility index (Phi) is 3.80. The van der Waals surface area contributed by atoms with Crippen molar-refractivity contribution in [2.45, 2.75) is 0 Å². The molecule has 2 aromatic carbocycles. The van der Waals surface area contributed by atoms with E-state index in [4.69, 9.17) is 4.74 Å². The molecule has 1 aromatic heterocycles. The first kappa shape index (κ1) is 14.8. The summed E-state index contributed by atoms with van der Waals surface area (Å²) in [5, 5.41) is 7.23. The summed E-state index contributed by atoms with van der Waals surface area (Å²) >= 11 is 0. The number of nitrogens with one attached hydrogen (secondary N) is 1. The fourth-order valence-corrected chi connectivity index (χ4v) is 2.36. The van der Waals surface area contributed by atoms with E-state index in [0.717, 1.165) is 0 Å². The smallest absolute Gasteiger partial charge is 0.280 e. The van der Waals surface area contributed by atoms with Gasteiger partial charge in [-0.05, 0) is 24.3 Å². The molecule has 23 heavy (non-hydrogen) atoms. The van der Waals surface area contributed by atoms with E-state index < -0.39 is 5.91 Å². The molecule has 6 nitrogen and oxygen atoms in total. The first-order valence-electron chi connectivity index (χ1n) is 7.01. The molecule has 0 saturated heterocycles. The number of fused-ring (bicyclic) bond motifs is 1. The summed E-state index contributed by atoms with van der Waals surface area (Å²) < 4.78 is 6.63. The molecule has 1 heterocycles. The summed E-state index contributed by atoms with van der Waals surface area (Å²) in [7, 11) is 3.24. The van der Waals surface area contributed by atoms with E-state index in [0.29, 0.717) is 22.3 Å².